The molecule has 9 heteroatoms. The predicted molar refractivity (Wildman–Crippen MR) is 96.4 cm³/mol. The molecule has 9 nitrogen and oxygen atoms in total. The van der Waals surface area contributed by atoms with Crippen LogP contribution >= 0.6 is 0 Å². The third-order valence-electron chi connectivity index (χ3n) is 4.66. The number of ether oxygens (including phenoxy) is 2. The van der Waals surface area contributed by atoms with E-state index >= 15 is 0 Å². The SMILES string of the molecule is CC(C)NC(=O)N[C@H]1C[C@@H](c2nc(-c3ccc4c(c3)OCO4)no2)N(C)C1. The van der Waals surface area contributed by atoms with Crippen LogP contribution in [0.25, 0.3) is 11.4 Å². The van der Waals surface area contributed by atoms with E-state index < -0.39 is 0 Å². The molecule has 4 rings (SSSR count). The summed E-state index contributed by atoms with van der Waals surface area (Å²) in [5.41, 5.74) is 0.806. The van der Waals surface area contributed by atoms with Crippen LogP contribution in [0.4, 0.5) is 4.79 Å². The minimum absolute atomic E-state index is 0.0274. The molecule has 2 amide bonds. The minimum Gasteiger partial charge on any atom is -0.454 e. The van der Waals surface area contributed by atoms with Gasteiger partial charge in [-0.3, -0.25) is 4.90 Å². The Morgan fingerprint density at radius 1 is 1.30 bits per heavy atom. The first-order valence-electron chi connectivity index (χ1n) is 9.00. The van der Waals surface area contributed by atoms with Gasteiger partial charge in [0.2, 0.25) is 18.5 Å². The number of urea groups is 1. The van der Waals surface area contributed by atoms with Gasteiger partial charge in [0.25, 0.3) is 0 Å². The molecule has 2 aliphatic rings. The highest BCUT2D eigenvalue weighted by Gasteiger charge is 2.35. The average Bonchev–Trinajstić information content (AvgIpc) is 3.32. The largest absolute Gasteiger partial charge is 0.454 e. The summed E-state index contributed by atoms with van der Waals surface area (Å²) in [6.45, 7) is 4.80. The molecule has 1 fully saturated rings. The van der Waals surface area contributed by atoms with Crippen LogP contribution in [-0.4, -0.2) is 53.5 Å². The van der Waals surface area contributed by atoms with Gasteiger partial charge in [-0.25, -0.2) is 4.79 Å². The molecule has 1 aromatic heterocycles. The smallest absolute Gasteiger partial charge is 0.315 e. The summed E-state index contributed by atoms with van der Waals surface area (Å²) in [7, 11) is 1.98. The second-order valence-electron chi connectivity index (χ2n) is 7.18. The van der Waals surface area contributed by atoms with Gasteiger partial charge >= 0.3 is 6.03 Å². The van der Waals surface area contributed by atoms with Crippen LogP contribution in [0.5, 0.6) is 11.5 Å². The third-order valence-corrected chi connectivity index (χ3v) is 4.66. The summed E-state index contributed by atoms with van der Waals surface area (Å²) in [4.78, 5) is 18.6. The quantitative estimate of drug-likeness (QED) is 0.844. The van der Waals surface area contributed by atoms with Gasteiger partial charge in [0.15, 0.2) is 11.5 Å². The molecule has 0 bridgehead atoms. The first kappa shape index (κ1) is 17.6. The number of nitrogens with zero attached hydrogens (tertiary/aromatic N) is 3. The van der Waals surface area contributed by atoms with Crippen molar-refractivity contribution >= 4 is 6.03 Å². The second-order valence-corrected chi connectivity index (χ2v) is 7.18. The number of amides is 2. The van der Waals surface area contributed by atoms with Crippen molar-refractivity contribution in [1.82, 2.24) is 25.7 Å². The monoisotopic (exact) mass is 373 g/mol. The first-order valence-corrected chi connectivity index (χ1v) is 9.00. The van der Waals surface area contributed by atoms with E-state index in [0.717, 1.165) is 12.1 Å². The molecule has 0 aliphatic carbocycles. The van der Waals surface area contributed by atoms with Crippen molar-refractivity contribution < 1.29 is 18.8 Å². The van der Waals surface area contributed by atoms with E-state index in [2.05, 4.69) is 25.7 Å². The van der Waals surface area contributed by atoms with Gasteiger partial charge in [0, 0.05) is 24.2 Å². The van der Waals surface area contributed by atoms with E-state index in [1.165, 1.54) is 0 Å². The Morgan fingerprint density at radius 3 is 2.93 bits per heavy atom. The summed E-state index contributed by atoms with van der Waals surface area (Å²) >= 11 is 0. The molecule has 2 N–H and O–H groups in total. The van der Waals surface area contributed by atoms with Crippen LogP contribution in [0.3, 0.4) is 0 Å². The molecule has 1 saturated heterocycles. The number of hydrogen-bond acceptors (Lipinski definition) is 7. The Kier molecular flexibility index (Phi) is 4.61. The van der Waals surface area contributed by atoms with Gasteiger partial charge in [-0.15, -0.1) is 0 Å². The summed E-state index contributed by atoms with van der Waals surface area (Å²) in [5.74, 6) is 2.44. The van der Waals surface area contributed by atoms with Gasteiger partial charge in [0.05, 0.1) is 6.04 Å². The van der Waals surface area contributed by atoms with Crippen molar-refractivity contribution in [1.29, 1.82) is 0 Å². The fourth-order valence-electron chi connectivity index (χ4n) is 3.41. The number of likely N-dealkylation sites (N-methyl/N-ethyl adjacent to an activating group) is 1. The van der Waals surface area contributed by atoms with Crippen molar-refractivity contribution in [3.63, 3.8) is 0 Å². The topological polar surface area (TPSA) is 102 Å². The number of hydrogen-bond donors (Lipinski definition) is 2. The number of benzene rings is 1. The van der Waals surface area contributed by atoms with Crippen LogP contribution in [0.1, 0.15) is 32.2 Å². The Labute approximate surface area is 157 Å². The lowest BCUT2D eigenvalue weighted by atomic mass is 10.1. The van der Waals surface area contributed by atoms with Gasteiger partial charge in [-0.2, -0.15) is 4.98 Å². The predicted octanol–water partition coefficient (Wildman–Crippen LogP) is 1.92. The molecule has 0 unspecified atom stereocenters. The maximum Gasteiger partial charge on any atom is 0.315 e. The first-order chi connectivity index (χ1) is 13.0. The maximum absolute atomic E-state index is 11.9. The fourth-order valence-corrected chi connectivity index (χ4v) is 3.41. The van der Waals surface area contributed by atoms with E-state index in [4.69, 9.17) is 14.0 Å². The fraction of sp³-hybridized carbons (Fsp3) is 0.500. The molecule has 0 radical (unpaired) electrons. The number of fused-ring (bicyclic) bond motifs is 1. The van der Waals surface area contributed by atoms with Gasteiger partial charge in [-0.05, 0) is 45.5 Å². The summed E-state index contributed by atoms with van der Waals surface area (Å²) in [6.07, 6.45) is 0.713. The highest BCUT2D eigenvalue weighted by atomic mass is 16.7. The third kappa shape index (κ3) is 3.68. The molecular weight excluding hydrogens is 350 g/mol. The van der Waals surface area contributed by atoms with E-state index in [0.29, 0.717) is 29.6 Å². The van der Waals surface area contributed by atoms with Crippen LogP contribution in [0, 0.1) is 0 Å². The van der Waals surface area contributed by atoms with Gasteiger partial charge in [-0.1, -0.05) is 5.16 Å². The maximum atomic E-state index is 11.9. The molecule has 0 spiro atoms. The Balaban J connectivity index is 1.44. The Hall–Kier alpha value is -2.81. The Morgan fingerprint density at radius 2 is 2.11 bits per heavy atom. The van der Waals surface area contributed by atoms with E-state index in [1.807, 2.05) is 39.1 Å². The van der Waals surface area contributed by atoms with E-state index in [1.54, 1.807) is 0 Å². The van der Waals surface area contributed by atoms with Crippen molar-refractivity contribution in [2.45, 2.75) is 38.4 Å². The van der Waals surface area contributed by atoms with Crippen LogP contribution < -0.4 is 20.1 Å². The molecule has 144 valence electrons. The van der Waals surface area contributed by atoms with Gasteiger partial charge in [0.1, 0.15) is 0 Å². The summed E-state index contributed by atoms with van der Waals surface area (Å²) < 4.78 is 16.2. The number of rotatable bonds is 4. The van der Waals surface area contributed by atoms with E-state index in [-0.39, 0.29) is 30.9 Å². The molecule has 3 heterocycles. The van der Waals surface area contributed by atoms with Crippen molar-refractivity contribution in [2.75, 3.05) is 20.4 Å². The van der Waals surface area contributed by atoms with Crippen LogP contribution in [-0.2, 0) is 0 Å². The molecule has 27 heavy (non-hydrogen) atoms. The molecule has 1 aromatic carbocycles. The van der Waals surface area contributed by atoms with Crippen molar-refractivity contribution in [2.24, 2.45) is 0 Å². The lowest BCUT2D eigenvalue weighted by molar-refractivity contribution is 0.174. The molecule has 2 atom stereocenters. The lowest BCUT2D eigenvalue weighted by Gasteiger charge is -2.15. The lowest BCUT2D eigenvalue weighted by Crippen LogP contribution is -2.45. The van der Waals surface area contributed by atoms with Crippen LogP contribution in [0.2, 0.25) is 0 Å². The molecule has 0 saturated carbocycles. The minimum atomic E-state index is -0.157. The average molecular weight is 373 g/mol. The standard InChI is InChI=1S/C18H23N5O4/c1-10(2)19-18(24)20-12-7-13(23(3)8-12)17-21-16(22-27-17)11-4-5-14-15(6-11)26-9-25-14/h4-6,10,12-13H,7-9H2,1-3H3,(H2,19,20,24)/t12-,13-/m0/s1. The zero-order valence-electron chi connectivity index (χ0n) is 15.6. The van der Waals surface area contributed by atoms with Crippen LogP contribution in [0.15, 0.2) is 22.7 Å². The zero-order valence-corrected chi connectivity index (χ0v) is 15.6. The zero-order chi connectivity index (χ0) is 19.0. The number of likely N-dealkylation sites (tertiary alicyclic amines) is 1. The van der Waals surface area contributed by atoms with Crippen molar-refractivity contribution in [3.05, 3.63) is 24.1 Å². The summed E-state index contributed by atoms with van der Waals surface area (Å²) in [5, 5.41) is 9.95. The molecule has 2 aliphatic heterocycles. The molecule has 2 aromatic rings. The summed E-state index contributed by atoms with van der Waals surface area (Å²) in [6, 6.07) is 5.49. The van der Waals surface area contributed by atoms with Crippen molar-refractivity contribution in [3.8, 4) is 22.9 Å². The highest BCUT2D eigenvalue weighted by Crippen LogP contribution is 2.36. The normalized spacial score (nSPS) is 21.6. The van der Waals surface area contributed by atoms with Gasteiger partial charge < -0.3 is 24.6 Å². The van der Waals surface area contributed by atoms with E-state index in [9.17, 15) is 4.79 Å². The second kappa shape index (κ2) is 7.07. The molecular formula is C18H23N5O4. The number of aromatic nitrogens is 2. The number of carbonyl (C=O) groups is 1. The highest BCUT2D eigenvalue weighted by molar-refractivity contribution is 5.74. The number of nitrogens with one attached hydrogen (secondary N) is 2. The Bertz CT molecular complexity index is 837. The number of carbonyl (C=O) groups excluding carboxylic acids is 1.